The first kappa shape index (κ1) is 19.5. The van der Waals surface area contributed by atoms with Crippen molar-refractivity contribution in [3.8, 4) is 22.8 Å². The van der Waals surface area contributed by atoms with Crippen molar-refractivity contribution < 1.29 is 9.53 Å². The zero-order chi connectivity index (χ0) is 20.2. The molecular weight excluding hydrogens is 384 g/mol. The number of hydrogen-bond donors (Lipinski definition) is 0. The maximum Gasteiger partial charge on any atom is 0.232 e. The van der Waals surface area contributed by atoms with Crippen LogP contribution in [0.25, 0.3) is 17.1 Å². The molecule has 0 saturated heterocycles. The SMILES string of the molecule is COc1ccc(-c2nnc(SCC(=O)N(C)CC3CC3)n2-c2ccccc2)cc1. The normalized spacial score (nSPS) is 13.3. The van der Waals surface area contributed by atoms with Gasteiger partial charge < -0.3 is 9.64 Å². The van der Waals surface area contributed by atoms with Crippen molar-refractivity contribution in [3.05, 3.63) is 54.6 Å². The molecule has 2 aromatic carbocycles. The molecule has 150 valence electrons. The van der Waals surface area contributed by atoms with Gasteiger partial charge in [-0.3, -0.25) is 9.36 Å². The van der Waals surface area contributed by atoms with Gasteiger partial charge in [0, 0.05) is 24.8 Å². The van der Waals surface area contributed by atoms with E-state index < -0.39 is 0 Å². The second kappa shape index (κ2) is 8.69. The highest BCUT2D eigenvalue weighted by atomic mass is 32.2. The fourth-order valence-electron chi connectivity index (χ4n) is 3.13. The standard InChI is InChI=1S/C22H24N4O2S/c1-25(14-16-8-9-16)20(27)15-29-22-24-23-21(17-10-12-19(28-2)13-11-17)26(22)18-6-4-3-5-7-18/h3-7,10-13,16H,8-9,14-15H2,1-2H3. The summed E-state index contributed by atoms with van der Waals surface area (Å²) in [6, 6.07) is 17.7. The lowest BCUT2D eigenvalue weighted by molar-refractivity contribution is -0.127. The summed E-state index contributed by atoms with van der Waals surface area (Å²) in [5, 5.41) is 9.52. The van der Waals surface area contributed by atoms with E-state index in [1.54, 1.807) is 7.11 Å². The highest BCUT2D eigenvalue weighted by Crippen LogP contribution is 2.31. The van der Waals surface area contributed by atoms with Crippen molar-refractivity contribution in [1.82, 2.24) is 19.7 Å². The van der Waals surface area contributed by atoms with Crippen LogP contribution in [0.2, 0.25) is 0 Å². The first-order chi connectivity index (χ1) is 14.2. The zero-order valence-corrected chi connectivity index (χ0v) is 17.4. The maximum atomic E-state index is 12.5. The Kier molecular flexibility index (Phi) is 5.85. The topological polar surface area (TPSA) is 60.3 Å². The molecule has 1 aliphatic carbocycles. The molecule has 0 atom stereocenters. The van der Waals surface area contributed by atoms with Gasteiger partial charge in [-0.15, -0.1) is 10.2 Å². The minimum Gasteiger partial charge on any atom is -0.497 e. The van der Waals surface area contributed by atoms with E-state index in [1.807, 2.05) is 71.1 Å². The summed E-state index contributed by atoms with van der Waals surface area (Å²) in [5.41, 5.74) is 1.90. The van der Waals surface area contributed by atoms with E-state index in [1.165, 1.54) is 24.6 Å². The van der Waals surface area contributed by atoms with Gasteiger partial charge in [0.2, 0.25) is 5.91 Å². The van der Waals surface area contributed by atoms with Gasteiger partial charge in [-0.05, 0) is 55.2 Å². The molecule has 29 heavy (non-hydrogen) atoms. The first-order valence-corrected chi connectivity index (χ1v) is 10.7. The van der Waals surface area contributed by atoms with Crippen LogP contribution in [0.1, 0.15) is 12.8 Å². The van der Waals surface area contributed by atoms with Crippen LogP contribution in [0.15, 0.2) is 59.8 Å². The van der Waals surface area contributed by atoms with Crippen molar-refractivity contribution in [1.29, 1.82) is 0 Å². The predicted molar refractivity (Wildman–Crippen MR) is 114 cm³/mol. The molecule has 1 saturated carbocycles. The zero-order valence-electron chi connectivity index (χ0n) is 16.6. The van der Waals surface area contributed by atoms with Crippen LogP contribution in [0.4, 0.5) is 0 Å². The highest BCUT2D eigenvalue weighted by Gasteiger charge is 2.25. The van der Waals surface area contributed by atoms with Crippen LogP contribution in [0.3, 0.4) is 0 Å². The van der Waals surface area contributed by atoms with Gasteiger partial charge in [-0.2, -0.15) is 0 Å². The summed E-state index contributed by atoms with van der Waals surface area (Å²) in [6.07, 6.45) is 2.47. The molecule has 1 aliphatic rings. The van der Waals surface area contributed by atoms with Gasteiger partial charge >= 0.3 is 0 Å². The quantitative estimate of drug-likeness (QED) is 0.529. The number of thioether (sulfide) groups is 1. The van der Waals surface area contributed by atoms with Crippen molar-refractivity contribution >= 4 is 17.7 Å². The second-order valence-corrected chi connectivity index (χ2v) is 8.15. The van der Waals surface area contributed by atoms with Crippen LogP contribution in [-0.4, -0.2) is 52.0 Å². The molecular formula is C22H24N4O2S. The number of carbonyl (C=O) groups excluding carboxylic acids is 1. The third-order valence-electron chi connectivity index (χ3n) is 4.98. The Morgan fingerprint density at radius 3 is 2.52 bits per heavy atom. The molecule has 4 rings (SSSR count). The third-order valence-corrected chi connectivity index (χ3v) is 5.89. The monoisotopic (exact) mass is 408 g/mol. The molecule has 0 bridgehead atoms. The van der Waals surface area contributed by atoms with Gasteiger partial charge in [0.05, 0.1) is 12.9 Å². The van der Waals surface area contributed by atoms with Crippen LogP contribution in [0.5, 0.6) is 5.75 Å². The van der Waals surface area contributed by atoms with E-state index in [9.17, 15) is 4.79 Å². The number of amides is 1. The molecule has 0 radical (unpaired) electrons. The van der Waals surface area contributed by atoms with Gasteiger partial charge in [0.1, 0.15) is 5.75 Å². The van der Waals surface area contributed by atoms with Crippen LogP contribution in [0, 0.1) is 5.92 Å². The van der Waals surface area contributed by atoms with Gasteiger partial charge in [-0.1, -0.05) is 30.0 Å². The number of rotatable bonds is 8. The van der Waals surface area contributed by atoms with Crippen LogP contribution >= 0.6 is 11.8 Å². The van der Waals surface area contributed by atoms with E-state index in [0.29, 0.717) is 16.8 Å². The lowest BCUT2D eigenvalue weighted by atomic mass is 10.2. The summed E-state index contributed by atoms with van der Waals surface area (Å²) in [5.74, 6) is 2.68. The average molecular weight is 409 g/mol. The minimum absolute atomic E-state index is 0.121. The Balaban J connectivity index is 1.59. The molecule has 1 aromatic heterocycles. The van der Waals surface area contributed by atoms with Gasteiger partial charge in [0.25, 0.3) is 0 Å². The van der Waals surface area contributed by atoms with E-state index in [2.05, 4.69) is 10.2 Å². The van der Waals surface area contributed by atoms with Crippen molar-refractivity contribution in [2.75, 3.05) is 26.5 Å². The number of ether oxygens (including phenoxy) is 1. The molecule has 7 heteroatoms. The van der Waals surface area contributed by atoms with Gasteiger partial charge in [0.15, 0.2) is 11.0 Å². The molecule has 3 aromatic rings. The summed E-state index contributed by atoms with van der Waals surface area (Å²) < 4.78 is 7.26. The molecule has 0 N–H and O–H groups in total. The third kappa shape index (κ3) is 4.62. The number of aromatic nitrogens is 3. The molecule has 1 fully saturated rings. The van der Waals surface area contributed by atoms with Crippen LogP contribution in [-0.2, 0) is 4.79 Å². The Labute approximate surface area is 174 Å². The second-order valence-electron chi connectivity index (χ2n) is 7.21. The Morgan fingerprint density at radius 1 is 1.14 bits per heavy atom. The van der Waals surface area contributed by atoms with E-state index >= 15 is 0 Å². The smallest absolute Gasteiger partial charge is 0.232 e. The maximum absolute atomic E-state index is 12.5. The Bertz CT molecular complexity index is 968. The summed E-state index contributed by atoms with van der Waals surface area (Å²) in [7, 11) is 3.53. The molecule has 1 amide bonds. The Morgan fingerprint density at radius 2 is 1.86 bits per heavy atom. The largest absolute Gasteiger partial charge is 0.497 e. The van der Waals surface area contributed by atoms with Crippen molar-refractivity contribution in [2.45, 2.75) is 18.0 Å². The molecule has 1 heterocycles. The lowest BCUT2D eigenvalue weighted by Crippen LogP contribution is -2.30. The van der Waals surface area contributed by atoms with E-state index in [0.717, 1.165) is 29.4 Å². The number of methoxy groups -OCH3 is 1. The van der Waals surface area contributed by atoms with Crippen LogP contribution < -0.4 is 4.74 Å². The number of hydrogen-bond acceptors (Lipinski definition) is 5. The van der Waals surface area contributed by atoms with Crippen molar-refractivity contribution in [3.63, 3.8) is 0 Å². The molecule has 0 spiro atoms. The van der Waals surface area contributed by atoms with E-state index in [4.69, 9.17) is 4.74 Å². The average Bonchev–Trinajstić information content (AvgIpc) is 3.48. The fourth-order valence-corrected chi connectivity index (χ4v) is 4.02. The molecule has 0 unspecified atom stereocenters. The Hall–Kier alpha value is -2.80. The lowest BCUT2D eigenvalue weighted by Gasteiger charge is -2.16. The number of nitrogens with zero attached hydrogens (tertiary/aromatic N) is 4. The molecule has 6 nitrogen and oxygen atoms in total. The number of carbonyl (C=O) groups is 1. The predicted octanol–water partition coefficient (Wildman–Crippen LogP) is 3.90. The first-order valence-electron chi connectivity index (χ1n) is 9.67. The minimum atomic E-state index is 0.121. The van der Waals surface area contributed by atoms with E-state index in [-0.39, 0.29) is 5.91 Å². The van der Waals surface area contributed by atoms with Gasteiger partial charge in [-0.25, -0.2) is 0 Å². The fraction of sp³-hybridized carbons (Fsp3) is 0.318. The summed E-state index contributed by atoms with van der Waals surface area (Å²) in [6.45, 7) is 0.849. The summed E-state index contributed by atoms with van der Waals surface area (Å²) >= 11 is 1.42. The van der Waals surface area contributed by atoms with Crippen molar-refractivity contribution in [2.24, 2.45) is 5.92 Å². The number of para-hydroxylation sites is 1. The number of benzene rings is 2. The highest BCUT2D eigenvalue weighted by molar-refractivity contribution is 7.99. The summed E-state index contributed by atoms with van der Waals surface area (Å²) in [4.78, 5) is 14.3. The molecule has 0 aliphatic heterocycles.